The fourth-order valence-corrected chi connectivity index (χ4v) is 1.03. The van der Waals surface area contributed by atoms with Gasteiger partial charge in [-0.1, -0.05) is 13.3 Å². The van der Waals surface area contributed by atoms with Crippen LogP contribution in [0.25, 0.3) is 5.57 Å². The van der Waals surface area contributed by atoms with Crippen molar-refractivity contribution in [1.29, 1.82) is 0 Å². The van der Waals surface area contributed by atoms with E-state index in [-0.39, 0.29) is 32.7 Å². The molecule has 0 unspecified atom stereocenters. The largest absolute Gasteiger partial charge is 0.324 e. The van der Waals surface area contributed by atoms with Gasteiger partial charge in [0, 0.05) is 32.7 Å². The molecular weight excluding hydrogens is 233 g/mol. The first-order valence-corrected chi connectivity index (χ1v) is 4.39. The van der Waals surface area contributed by atoms with E-state index in [0.29, 0.717) is 0 Å². The van der Waals surface area contributed by atoms with E-state index < -0.39 is 0 Å². The summed E-state index contributed by atoms with van der Waals surface area (Å²) < 4.78 is 0. The Balaban J connectivity index is 0.00000144. The SMILES string of the molecule is CCC[C-]=C(C)c1[c-]cccc1.[Y]. The fraction of sp³-hybridized carbons (Fsp3) is 0.333. The first kappa shape index (κ1) is 13.1. The predicted octanol–water partition coefficient (Wildman–Crippen LogP) is 3.49. The van der Waals surface area contributed by atoms with E-state index in [4.69, 9.17) is 0 Å². The zero-order valence-corrected chi connectivity index (χ0v) is 11.1. The number of hydrogen-bond acceptors (Lipinski definition) is 0. The quantitative estimate of drug-likeness (QED) is 0.717. The smallest absolute Gasteiger partial charge is 0 e. The van der Waals surface area contributed by atoms with Crippen molar-refractivity contribution in [2.24, 2.45) is 0 Å². The molecule has 13 heavy (non-hydrogen) atoms. The summed E-state index contributed by atoms with van der Waals surface area (Å²) in [4.78, 5) is 0. The van der Waals surface area contributed by atoms with Crippen LogP contribution in [0.4, 0.5) is 0 Å². The average molecular weight is 247 g/mol. The van der Waals surface area contributed by atoms with Gasteiger partial charge in [-0.05, 0) is 0 Å². The van der Waals surface area contributed by atoms with Crippen molar-refractivity contribution in [2.45, 2.75) is 26.7 Å². The molecule has 0 amide bonds. The van der Waals surface area contributed by atoms with Crippen LogP contribution in [0.3, 0.4) is 0 Å². The molecule has 1 aromatic rings. The third kappa shape index (κ3) is 4.73. The Bertz CT molecular complexity index is 249. The van der Waals surface area contributed by atoms with Crippen LogP contribution in [0.15, 0.2) is 24.3 Å². The molecule has 0 N–H and O–H groups in total. The van der Waals surface area contributed by atoms with Crippen LogP contribution in [0.5, 0.6) is 0 Å². The van der Waals surface area contributed by atoms with Gasteiger partial charge in [0.15, 0.2) is 0 Å². The molecule has 0 saturated heterocycles. The minimum atomic E-state index is 0. The van der Waals surface area contributed by atoms with E-state index in [1.54, 1.807) is 0 Å². The van der Waals surface area contributed by atoms with E-state index in [9.17, 15) is 0 Å². The third-order valence-electron chi connectivity index (χ3n) is 1.75. The average Bonchev–Trinajstić information content (AvgIpc) is 2.15. The molecule has 1 rings (SSSR count). The van der Waals surface area contributed by atoms with Crippen LogP contribution in [-0.4, -0.2) is 0 Å². The molecule has 0 bridgehead atoms. The molecule has 0 aliphatic rings. The number of rotatable bonds is 3. The minimum absolute atomic E-state index is 0. The standard InChI is InChI=1S/C12H14.Y/c1-3-4-8-11(2)12-9-6-5-7-10-12;/h5-7,9H,3-4H2,1-2H3;/q-2;. The molecule has 1 radical (unpaired) electrons. The van der Waals surface area contributed by atoms with Crippen molar-refractivity contribution in [1.82, 2.24) is 0 Å². The summed E-state index contributed by atoms with van der Waals surface area (Å²) in [5.41, 5.74) is 2.36. The van der Waals surface area contributed by atoms with Crippen LogP contribution in [-0.2, 0) is 32.7 Å². The van der Waals surface area contributed by atoms with Gasteiger partial charge in [-0.2, -0.15) is 12.1 Å². The molecule has 1 aromatic carbocycles. The predicted molar refractivity (Wildman–Crippen MR) is 52.5 cm³/mol. The van der Waals surface area contributed by atoms with Gasteiger partial charge in [-0.25, -0.2) is 12.1 Å². The van der Waals surface area contributed by atoms with E-state index in [2.05, 4.69) is 32.1 Å². The second kappa shape index (κ2) is 7.47. The monoisotopic (exact) mass is 247 g/mol. The van der Waals surface area contributed by atoms with Gasteiger partial charge >= 0.3 is 0 Å². The Kier molecular flexibility index (Phi) is 7.50. The summed E-state index contributed by atoms with van der Waals surface area (Å²) in [5, 5.41) is 0. The molecule has 0 aliphatic heterocycles. The van der Waals surface area contributed by atoms with Crippen molar-refractivity contribution >= 4 is 5.57 Å². The molecule has 0 heterocycles. The molecule has 67 valence electrons. The summed E-state index contributed by atoms with van der Waals surface area (Å²) in [5.74, 6) is 0. The van der Waals surface area contributed by atoms with Crippen LogP contribution < -0.4 is 0 Å². The number of allylic oxidation sites excluding steroid dienone is 2. The van der Waals surface area contributed by atoms with Crippen molar-refractivity contribution in [3.8, 4) is 0 Å². The Morgan fingerprint density at radius 3 is 2.77 bits per heavy atom. The van der Waals surface area contributed by atoms with E-state index in [1.165, 1.54) is 5.57 Å². The van der Waals surface area contributed by atoms with Gasteiger partial charge in [-0.15, -0.1) is 19.4 Å². The van der Waals surface area contributed by atoms with Gasteiger partial charge in [0.1, 0.15) is 0 Å². The van der Waals surface area contributed by atoms with Gasteiger partial charge < -0.3 is 17.2 Å². The molecular formula is C12H14Y-2. The minimum Gasteiger partial charge on any atom is -0.324 e. The van der Waals surface area contributed by atoms with Crippen LogP contribution in [0, 0.1) is 12.1 Å². The van der Waals surface area contributed by atoms with E-state index in [0.717, 1.165) is 18.4 Å². The summed E-state index contributed by atoms with van der Waals surface area (Å²) in [7, 11) is 0. The molecule has 0 aromatic heterocycles. The Hall–Kier alpha value is 0.0639. The number of unbranched alkanes of at least 4 members (excludes halogenated alkanes) is 1. The third-order valence-corrected chi connectivity index (χ3v) is 1.75. The van der Waals surface area contributed by atoms with Crippen molar-refractivity contribution in [3.05, 3.63) is 42.0 Å². The van der Waals surface area contributed by atoms with E-state index >= 15 is 0 Å². The molecule has 1 heteroatoms. The first-order chi connectivity index (χ1) is 5.84. The van der Waals surface area contributed by atoms with Crippen molar-refractivity contribution in [2.75, 3.05) is 0 Å². The summed E-state index contributed by atoms with van der Waals surface area (Å²) >= 11 is 0. The fourth-order valence-electron chi connectivity index (χ4n) is 1.03. The van der Waals surface area contributed by atoms with Crippen LogP contribution in [0.1, 0.15) is 32.3 Å². The molecule has 0 saturated carbocycles. The zero-order chi connectivity index (χ0) is 8.81. The van der Waals surface area contributed by atoms with Gasteiger partial charge in [0.05, 0.1) is 0 Å². The maximum atomic E-state index is 3.33. The van der Waals surface area contributed by atoms with Crippen molar-refractivity contribution < 1.29 is 32.7 Å². The summed E-state index contributed by atoms with van der Waals surface area (Å²) in [6.45, 7) is 4.25. The maximum absolute atomic E-state index is 3.33. The zero-order valence-electron chi connectivity index (χ0n) is 8.30. The maximum Gasteiger partial charge on any atom is 0 e. The summed E-state index contributed by atoms with van der Waals surface area (Å²) in [6.07, 6.45) is 5.53. The Morgan fingerprint density at radius 1 is 1.46 bits per heavy atom. The van der Waals surface area contributed by atoms with Crippen LogP contribution >= 0.6 is 0 Å². The Morgan fingerprint density at radius 2 is 2.23 bits per heavy atom. The molecule has 0 fully saturated rings. The van der Waals surface area contributed by atoms with E-state index in [1.807, 2.05) is 18.2 Å². The first-order valence-electron chi connectivity index (χ1n) is 4.39. The normalized spacial score (nSPS) is 10.8. The molecule has 0 aliphatic carbocycles. The number of benzene rings is 1. The van der Waals surface area contributed by atoms with Crippen molar-refractivity contribution in [3.63, 3.8) is 0 Å². The molecule has 0 nitrogen and oxygen atoms in total. The topological polar surface area (TPSA) is 0 Å². The second-order valence-corrected chi connectivity index (χ2v) is 2.83. The van der Waals surface area contributed by atoms with Gasteiger partial charge in [-0.3, -0.25) is 0 Å². The van der Waals surface area contributed by atoms with Crippen LogP contribution in [0.2, 0.25) is 0 Å². The summed E-state index contributed by atoms with van der Waals surface area (Å²) in [6, 6.07) is 11.2. The molecule has 0 atom stereocenters. The van der Waals surface area contributed by atoms with Gasteiger partial charge in [0.25, 0.3) is 0 Å². The second-order valence-electron chi connectivity index (χ2n) is 2.83. The number of hydrogen-bond donors (Lipinski definition) is 0. The molecule has 0 spiro atoms. The van der Waals surface area contributed by atoms with Gasteiger partial charge in [0.2, 0.25) is 0 Å². The Labute approximate surface area is 106 Å².